The number of nitrogens with one attached hydrogen (secondary N) is 2. The summed E-state index contributed by atoms with van der Waals surface area (Å²) in [6.45, 7) is 1.93. The second-order valence-corrected chi connectivity index (χ2v) is 8.17. The van der Waals surface area contributed by atoms with Crippen LogP contribution in [0.4, 0.5) is 10.5 Å². The summed E-state index contributed by atoms with van der Waals surface area (Å²) in [5.74, 6) is 1.42. The smallest absolute Gasteiger partial charge is 0.319 e. The van der Waals surface area contributed by atoms with Gasteiger partial charge in [0.2, 0.25) is 5.91 Å². The number of likely N-dealkylation sites (tertiary alicyclic amines) is 1. The molecule has 4 heterocycles. The van der Waals surface area contributed by atoms with Gasteiger partial charge < -0.3 is 20.0 Å². The maximum atomic E-state index is 12.8. The molecule has 5 rings (SSSR count). The molecular formula is C22H24N6O3. The lowest BCUT2D eigenvalue weighted by molar-refractivity contribution is -0.130. The SMILES string of the molecule is O=C(Nc1ccccc1)N[C@H]1c2ncnn2CC[C@@]12CCN(C(=O)Cc1ccco1)C2. The van der Waals surface area contributed by atoms with E-state index in [2.05, 4.69) is 20.7 Å². The van der Waals surface area contributed by atoms with Crippen molar-refractivity contribution in [3.05, 3.63) is 66.6 Å². The fourth-order valence-electron chi connectivity index (χ4n) is 4.68. The number of anilines is 1. The molecule has 2 aromatic heterocycles. The number of aryl methyl sites for hydroxylation is 1. The first kappa shape index (κ1) is 19.3. The van der Waals surface area contributed by atoms with Crippen molar-refractivity contribution in [2.75, 3.05) is 18.4 Å². The summed E-state index contributed by atoms with van der Waals surface area (Å²) in [7, 11) is 0. The van der Waals surface area contributed by atoms with Crippen molar-refractivity contribution in [1.29, 1.82) is 0 Å². The molecule has 2 N–H and O–H groups in total. The summed E-state index contributed by atoms with van der Waals surface area (Å²) in [5, 5.41) is 10.3. The van der Waals surface area contributed by atoms with Crippen LogP contribution in [-0.4, -0.2) is 44.7 Å². The Hall–Kier alpha value is -3.62. The molecule has 0 unspecified atom stereocenters. The quantitative estimate of drug-likeness (QED) is 0.675. The van der Waals surface area contributed by atoms with E-state index in [1.807, 2.05) is 46.0 Å². The van der Waals surface area contributed by atoms with Crippen molar-refractivity contribution in [3.63, 3.8) is 0 Å². The van der Waals surface area contributed by atoms with Crippen molar-refractivity contribution in [2.24, 2.45) is 5.41 Å². The largest absolute Gasteiger partial charge is 0.469 e. The van der Waals surface area contributed by atoms with Gasteiger partial charge in [-0.15, -0.1) is 0 Å². The molecule has 1 spiro atoms. The molecule has 1 aromatic carbocycles. The van der Waals surface area contributed by atoms with E-state index < -0.39 is 0 Å². The molecule has 1 saturated heterocycles. The van der Waals surface area contributed by atoms with E-state index in [4.69, 9.17) is 4.42 Å². The van der Waals surface area contributed by atoms with Gasteiger partial charge in [-0.05, 0) is 37.1 Å². The molecule has 2 aliphatic rings. The summed E-state index contributed by atoms with van der Waals surface area (Å²) in [6.07, 6.45) is 4.94. The van der Waals surface area contributed by atoms with Crippen LogP contribution in [0.3, 0.4) is 0 Å². The van der Waals surface area contributed by atoms with E-state index in [1.165, 1.54) is 6.33 Å². The average Bonchev–Trinajstić information content (AvgIpc) is 3.52. The Morgan fingerprint density at radius 1 is 1.13 bits per heavy atom. The number of para-hydroxylation sites is 1. The summed E-state index contributed by atoms with van der Waals surface area (Å²) in [4.78, 5) is 32.0. The van der Waals surface area contributed by atoms with Crippen LogP contribution in [0.25, 0.3) is 0 Å². The number of rotatable bonds is 4. The number of hydrogen-bond donors (Lipinski definition) is 2. The molecule has 3 amide bonds. The van der Waals surface area contributed by atoms with Crippen molar-refractivity contribution in [1.82, 2.24) is 25.0 Å². The average molecular weight is 420 g/mol. The third-order valence-electron chi connectivity index (χ3n) is 6.29. The molecule has 9 nitrogen and oxygen atoms in total. The van der Waals surface area contributed by atoms with Gasteiger partial charge in [0.25, 0.3) is 0 Å². The second kappa shape index (κ2) is 7.90. The minimum absolute atomic E-state index is 0.0337. The van der Waals surface area contributed by atoms with Crippen LogP contribution >= 0.6 is 0 Å². The third kappa shape index (κ3) is 3.78. The number of fused-ring (bicyclic) bond motifs is 1. The maximum absolute atomic E-state index is 12.8. The van der Waals surface area contributed by atoms with Crippen LogP contribution < -0.4 is 10.6 Å². The summed E-state index contributed by atoms with van der Waals surface area (Å²) >= 11 is 0. The molecule has 0 saturated carbocycles. The van der Waals surface area contributed by atoms with Gasteiger partial charge in [-0.3, -0.25) is 4.79 Å². The van der Waals surface area contributed by atoms with Crippen LogP contribution in [0.1, 0.15) is 30.5 Å². The number of benzene rings is 1. The first-order valence-corrected chi connectivity index (χ1v) is 10.4. The number of nitrogens with zero attached hydrogens (tertiary/aromatic N) is 4. The van der Waals surface area contributed by atoms with E-state index in [0.29, 0.717) is 31.1 Å². The zero-order valence-corrected chi connectivity index (χ0v) is 17.0. The van der Waals surface area contributed by atoms with E-state index >= 15 is 0 Å². The lowest BCUT2D eigenvalue weighted by atomic mass is 9.74. The first-order chi connectivity index (χ1) is 15.1. The van der Waals surface area contributed by atoms with Crippen molar-refractivity contribution in [2.45, 2.75) is 31.8 Å². The topological polar surface area (TPSA) is 105 Å². The van der Waals surface area contributed by atoms with Crippen LogP contribution in [0.5, 0.6) is 0 Å². The molecule has 2 atom stereocenters. The van der Waals surface area contributed by atoms with Crippen LogP contribution in [-0.2, 0) is 17.8 Å². The Morgan fingerprint density at radius 3 is 2.77 bits per heavy atom. The minimum Gasteiger partial charge on any atom is -0.469 e. The van der Waals surface area contributed by atoms with Gasteiger partial charge in [-0.1, -0.05) is 18.2 Å². The number of urea groups is 1. The minimum atomic E-state index is -0.339. The van der Waals surface area contributed by atoms with Crippen LogP contribution in [0.2, 0.25) is 0 Å². The van der Waals surface area contributed by atoms with Gasteiger partial charge in [0.15, 0.2) is 0 Å². The zero-order valence-electron chi connectivity index (χ0n) is 17.0. The third-order valence-corrected chi connectivity index (χ3v) is 6.29. The molecule has 31 heavy (non-hydrogen) atoms. The standard InChI is InChI=1S/C22H24N6O3/c29-18(13-17-7-4-12-31-17)27-10-8-22(14-27)9-11-28-20(23-15-24-28)19(22)26-21(30)25-16-5-2-1-3-6-16/h1-7,12,15,19H,8-11,13-14H2,(H2,25,26,30)/t19-,22+/m0/s1. The van der Waals surface area contributed by atoms with Gasteiger partial charge in [-0.2, -0.15) is 5.10 Å². The molecule has 9 heteroatoms. The zero-order chi connectivity index (χ0) is 21.3. The molecule has 3 aromatic rings. The van der Waals surface area contributed by atoms with Crippen LogP contribution in [0, 0.1) is 5.41 Å². The Morgan fingerprint density at radius 2 is 1.97 bits per heavy atom. The van der Waals surface area contributed by atoms with Crippen molar-refractivity contribution < 1.29 is 14.0 Å². The fraction of sp³-hybridized carbons (Fsp3) is 0.364. The Labute approximate surface area is 179 Å². The number of furan rings is 1. The van der Waals surface area contributed by atoms with Gasteiger partial charge in [0, 0.05) is 30.7 Å². The van der Waals surface area contributed by atoms with E-state index in [9.17, 15) is 9.59 Å². The predicted octanol–water partition coefficient (Wildman–Crippen LogP) is 2.60. The molecule has 0 bridgehead atoms. The van der Waals surface area contributed by atoms with Gasteiger partial charge in [-0.25, -0.2) is 14.5 Å². The van der Waals surface area contributed by atoms with E-state index in [-0.39, 0.29) is 29.8 Å². The summed E-state index contributed by atoms with van der Waals surface area (Å²) in [5.41, 5.74) is 0.434. The van der Waals surface area contributed by atoms with Gasteiger partial charge in [0.1, 0.15) is 17.9 Å². The highest BCUT2D eigenvalue weighted by atomic mass is 16.3. The van der Waals surface area contributed by atoms with Gasteiger partial charge >= 0.3 is 6.03 Å². The van der Waals surface area contributed by atoms with Crippen LogP contribution in [0.15, 0.2) is 59.5 Å². The van der Waals surface area contributed by atoms with E-state index in [0.717, 1.165) is 18.7 Å². The number of carbonyl (C=O) groups excluding carboxylic acids is 2. The lowest BCUT2D eigenvalue weighted by Crippen LogP contribution is -2.49. The summed E-state index contributed by atoms with van der Waals surface area (Å²) in [6, 6.07) is 12.3. The Kier molecular flexibility index (Phi) is 4.93. The Bertz CT molecular complexity index is 1060. The van der Waals surface area contributed by atoms with Crippen molar-refractivity contribution >= 4 is 17.6 Å². The lowest BCUT2D eigenvalue weighted by Gasteiger charge is -2.40. The molecular weight excluding hydrogens is 396 g/mol. The molecule has 0 aliphatic carbocycles. The predicted molar refractivity (Wildman–Crippen MR) is 112 cm³/mol. The molecule has 1 fully saturated rings. The Balaban J connectivity index is 1.34. The number of carbonyl (C=O) groups is 2. The second-order valence-electron chi connectivity index (χ2n) is 8.17. The number of hydrogen-bond acceptors (Lipinski definition) is 5. The highest BCUT2D eigenvalue weighted by Crippen LogP contribution is 2.47. The highest BCUT2D eigenvalue weighted by Gasteiger charge is 2.50. The first-order valence-electron chi connectivity index (χ1n) is 10.4. The van der Waals surface area contributed by atoms with E-state index in [1.54, 1.807) is 12.3 Å². The maximum Gasteiger partial charge on any atom is 0.319 e. The highest BCUT2D eigenvalue weighted by molar-refractivity contribution is 5.89. The van der Waals surface area contributed by atoms with Crippen molar-refractivity contribution in [3.8, 4) is 0 Å². The summed E-state index contributed by atoms with van der Waals surface area (Å²) < 4.78 is 7.17. The monoisotopic (exact) mass is 420 g/mol. The number of aromatic nitrogens is 3. The van der Waals surface area contributed by atoms with Gasteiger partial charge in [0.05, 0.1) is 18.7 Å². The molecule has 0 radical (unpaired) electrons. The molecule has 160 valence electrons. The number of amides is 3. The fourth-order valence-corrected chi connectivity index (χ4v) is 4.68. The normalized spacial score (nSPS) is 22.3. The molecule has 2 aliphatic heterocycles.